The van der Waals surface area contributed by atoms with Gasteiger partial charge in [-0.05, 0) is 33.2 Å². The normalized spacial score (nSPS) is 18.9. The largest absolute Gasteiger partial charge is 0.480 e. The lowest BCUT2D eigenvalue weighted by atomic mass is 9.94. The van der Waals surface area contributed by atoms with Gasteiger partial charge in [-0.2, -0.15) is 0 Å². The summed E-state index contributed by atoms with van der Waals surface area (Å²) in [6.07, 6.45) is 6.63. The molecule has 1 rings (SSSR count). The van der Waals surface area contributed by atoms with E-state index in [1.807, 2.05) is 11.9 Å². The van der Waals surface area contributed by atoms with E-state index in [9.17, 15) is 9.59 Å². The number of nitrogens with two attached hydrogens (primary N) is 1. The Morgan fingerprint density at radius 3 is 2.00 bits per heavy atom. The van der Waals surface area contributed by atoms with Crippen molar-refractivity contribution in [2.24, 2.45) is 5.73 Å². The Kier molecular flexibility index (Phi) is 9.16. The van der Waals surface area contributed by atoms with Gasteiger partial charge in [0.2, 0.25) is 0 Å². The molecule has 0 saturated heterocycles. The molecular weight excluding hydrogens is 260 g/mol. The molecular formula is C14H28N2O4. The van der Waals surface area contributed by atoms with Crippen molar-refractivity contribution in [3.8, 4) is 0 Å². The quantitative estimate of drug-likeness (QED) is 0.709. The van der Waals surface area contributed by atoms with Crippen molar-refractivity contribution >= 4 is 11.9 Å². The summed E-state index contributed by atoms with van der Waals surface area (Å²) in [4.78, 5) is 22.5. The summed E-state index contributed by atoms with van der Waals surface area (Å²) in [5.74, 6) is -1.64. The van der Waals surface area contributed by atoms with Crippen molar-refractivity contribution < 1.29 is 19.8 Å². The van der Waals surface area contributed by atoms with Gasteiger partial charge in [-0.3, -0.25) is 14.5 Å². The molecule has 6 nitrogen and oxygen atoms in total. The van der Waals surface area contributed by atoms with Gasteiger partial charge in [-0.1, -0.05) is 26.2 Å². The van der Waals surface area contributed by atoms with Crippen LogP contribution in [0.25, 0.3) is 0 Å². The molecule has 0 radical (unpaired) electrons. The third-order valence-electron chi connectivity index (χ3n) is 3.88. The molecule has 0 bridgehead atoms. The van der Waals surface area contributed by atoms with E-state index in [0.717, 1.165) is 12.8 Å². The number of hydrogen-bond donors (Lipinski definition) is 3. The molecule has 1 saturated carbocycles. The molecule has 0 amide bonds. The first-order valence-electron chi connectivity index (χ1n) is 7.24. The Labute approximate surface area is 120 Å². The van der Waals surface area contributed by atoms with Gasteiger partial charge < -0.3 is 15.9 Å². The summed E-state index contributed by atoms with van der Waals surface area (Å²) in [5.41, 5.74) is 5.02. The first-order valence-corrected chi connectivity index (χ1v) is 7.24. The highest BCUT2D eigenvalue weighted by molar-refractivity contribution is 5.73. The summed E-state index contributed by atoms with van der Waals surface area (Å²) in [6.45, 7) is 3.50. The fraction of sp³-hybridized carbons (Fsp3) is 0.857. The molecule has 1 aliphatic carbocycles. The van der Waals surface area contributed by atoms with Crippen LogP contribution in [-0.4, -0.2) is 52.2 Å². The number of rotatable bonds is 5. The topological polar surface area (TPSA) is 104 Å². The van der Waals surface area contributed by atoms with Gasteiger partial charge in [0.1, 0.15) is 12.1 Å². The Bertz CT molecular complexity index is 304. The van der Waals surface area contributed by atoms with E-state index in [4.69, 9.17) is 15.9 Å². The minimum absolute atomic E-state index is 0.344. The Balaban J connectivity index is 0.000000441. The molecule has 2 atom stereocenters. The second kappa shape index (κ2) is 9.72. The molecule has 4 N–H and O–H groups in total. The Hall–Kier alpha value is -1.14. The second-order valence-electron chi connectivity index (χ2n) is 5.32. The molecule has 1 aliphatic rings. The summed E-state index contributed by atoms with van der Waals surface area (Å²) in [7, 11) is 1.93. The van der Waals surface area contributed by atoms with Crippen molar-refractivity contribution in [1.29, 1.82) is 0 Å². The van der Waals surface area contributed by atoms with Gasteiger partial charge in [0, 0.05) is 6.04 Å². The maximum atomic E-state index is 10.7. The summed E-state index contributed by atoms with van der Waals surface area (Å²) in [5, 5.41) is 16.9. The number of carboxylic acid groups (broad SMARTS) is 2. The van der Waals surface area contributed by atoms with Crippen LogP contribution in [0.4, 0.5) is 0 Å². The van der Waals surface area contributed by atoms with Crippen LogP contribution in [0.2, 0.25) is 0 Å². The van der Waals surface area contributed by atoms with Crippen LogP contribution in [0.3, 0.4) is 0 Å². The molecule has 0 aliphatic heterocycles. The van der Waals surface area contributed by atoms with Gasteiger partial charge in [0.25, 0.3) is 0 Å². The molecule has 0 aromatic heterocycles. The van der Waals surface area contributed by atoms with Gasteiger partial charge in [0.05, 0.1) is 0 Å². The van der Waals surface area contributed by atoms with Gasteiger partial charge in [0.15, 0.2) is 0 Å². The predicted molar refractivity (Wildman–Crippen MR) is 77.6 cm³/mol. The summed E-state index contributed by atoms with van der Waals surface area (Å²) in [6, 6.07) is -0.539. The lowest BCUT2D eigenvalue weighted by Crippen LogP contribution is -2.43. The minimum atomic E-state index is -0.928. The second-order valence-corrected chi connectivity index (χ2v) is 5.32. The van der Waals surface area contributed by atoms with Crippen molar-refractivity contribution in [2.45, 2.75) is 70.5 Å². The first-order chi connectivity index (χ1) is 9.31. The summed E-state index contributed by atoms with van der Waals surface area (Å²) >= 11 is 0. The maximum absolute atomic E-state index is 10.7. The first kappa shape index (κ1) is 18.9. The number of hydrogen-bond acceptors (Lipinski definition) is 4. The third kappa shape index (κ3) is 6.86. The zero-order valence-corrected chi connectivity index (χ0v) is 12.7. The summed E-state index contributed by atoms with van der Waals surface area (Å²) < 4.78 is 0. The zero-order valence-electron chi connectivity index (χ0n) is 12.7. The Morgan fingerprint density at radius 2 is 1.70 bits per heavy atom. The maximum Gasteiger partial charge on any atom is 0.320 e. The average Bonchev–Trinajstić information content (AvgIpc) is 2.46. The molecule has 0 aromatic rings. The highest BCUT2D eigenvalue weighted by Gasteiger charge is 2.25. The van der Waals surface area contributed by atoms with E-state index in [-0.39, 0.29) is 6.04 Å². The molecule has 20 heavy (non-hydrogen) atoms. The molecule has 1 unspecified atom stereocenters. The standard InChI is InChI=1S/C10H19NO2.C4H9NO2/c1-8(10(12)13)11(2)9-6-4-3-5-7-9;1-2-3(5)4(6)7/h8-9H,3-7H2,1-2H3,(H,12,13);3H,2,5H2,1H3,(H,6,7)/t8-;/m0./s1. The number of likely N-dealkylation sites (N-methyl/N-ethyl adjacent to an activating group) is 1. The molecule has 118 valence electrons. The predicted octanol–water partition coefficient (Wildman–Crippen LogP) is 1.53. The monoisotopic (exact) mass is 288 g/mol. The Morgan fingerprint density at radius 1 is 1.20 bits per heavy atom. The molecule has 0 spiro atoms. The van der Waals surface area contributed by atoms with Crippen LogP contribution in [-0.2, 0) is 9.59 Å². The molecule has 0 aromatic carbocycles. The van der Waals surface area contributed by atoms with Crippen molar-refractivity contribution in [1.82, 2.24) is 4.90 Å². The van der Waals surface area contributed by atoms with E-state index >= 15 is 0 Å². The third-order valence-corrected chi connectivity index (χ3v) is 3.88. The van der Waals surface area contributed by atoms with Crippen LogP contribution in [0.15, 0.2) is 0 Å². The highest BCUT2D eigenvalue weighted by Crippen LogP contribution is 2.22. The van der Waals surface area contributed by atoms with Gasteiger partial charge in [-0.15, -0.1) is 0 Å². The average molecular weight is 288 g/mol. The van der Waals surface area contributed by atoms with E-state index in [1.54, 1.807) is 13.8 Å². The fourth-order valence-corrected chi connectivity index (χ4v) is 2.15. The van der Waals surface area contributed by atoms with Crippen LogP contribution in [0, 0.1) is 0 Å². The van der Waals surface area contributed by atoms with Crippen molar-refractivity contribution in [3.05, 3.63) is 0 Å². The zero-order chi connectivity index (χ0) is 15.7. The fourth-order valence-electron chi connectivity index (χ4n) is 2.15. The van der Waals surface area contributed by atoms with E-state index in [0.29, 0.717) is 12.5 Å². The lowest BCUT2D eigenvalue weighted by molar-refractivity contribution is -0.143. The minimum Gasteiger partial charge on any atom is -0.480 e. The molecule has 6 heteroatoms. The molecule has 0 heterocycles. The van der Waals surface area contributed by atoms with Crippen molar-refractivity contribution in [2.75, 3.05) is 7.05 Å². The molecule has 1 fully saturated rings. The van der Waals surface area contributed by atoms with Gasteiger partial charge >= 0.3 is 11.9 Å². The number of carboxylic acids is 2. The highest BCUT2D eigenvalue weighted by atomic mass is 16.4. The smallest absolute Gasteiger partial charge is 0.320 e. The van der Waals surface area contributed by atoms with Crippen LogP contribution < -0.4 is 5.73 Å². The SMILES string of the molecule is CCC(N)C(=O)O.C[C@@H](C(=O)O)N(C)C1CCCCC1. The number of nitrogens with zero attached hydrogens (tertiary/aromatic N) is 1. The number of aliphatic carboxylic acids is 2. The number of carbonyl (C=O) groups is 2. The van der Waals surface area contributed by atoms with Crippen LogP contribution in [0.5, 0.6) is 0 Å². The van der Waals surface area contributed by atoms with Crippen LogP contribution in [0.1, 0.15) is 52.4 Å². The van der Waals surface area contributed by atoms with E-state index in [1.165, 1.54) is 19.3 Å². The van der Waals surface area contributed by atoms with E-state index < -0.39 is 18.0 Å². The van der Waals surface area contributed by atoms with Gasteiger partial charge in [-0.25, -0.2) is 0 Å². The lowest BCUT2D eigenvalue weighted by Gasteiger charge is -2.33. The van der Waals surface area contributed by atoms with E-state index in [2.05, 4.69) is 0 Å². The van der Waals surface area contributed by atoms with Crippen LogP contribution >= 0.6 is 0 Å². The van der Waals surface area contributed by atoms with Crippen molar-refractivity contribution in [3.63, 3.8) is 0 Å².